The molecule has 1 fully saturated rings. The molecule has 1 aliphatic heterocycles. The number of carbonyl (C=O) groups is 2. The molecule has 1 unspecified atom stereocenters. The van der Waals surface area contributed by atoms with Crippen LogP contribution in [0.3, 0.4) is 0 Å². The quantitative estimate of drug-likeness (QED) is 0.899. The number of carboxylic acids is 1. The number of hydrogen-bond acceptors (Lipinski definition) is 4. The smallest absolute Gasteiger partial charge is 0.326 e. The van der Waals surface area contributed by atoms with Crippen LogP contribution in [0, 0.1) is 0 Å². The first-order valence-corrected chi connectivity index (χ1v) is 6.68. The normalized spacial score (nSPS) is 18.7. The third kappa shape index (κ3) is 2.89. The van der Waals surface area contributed by atoms with E-state index in [2.05, 4.69) is 4.98 Å². The van der Waals surface area contributed by atoms with Gasteiger partial charge in [-0.15, -0.1) is 0 Å². The van der Waals surface area contributed by atoms with Crippen molar-refractivity contribution in [3.05, 3.63) is 24.0 Å². The number of piperidine rings is 1. The highest BCUT2D eigenvalue weighted by Crippen LogP contribution is 2.25. The third-order valence-corrected chi connectivity index (χ3v) is 3.49. The van der Waals surface area contributed by atoms with E-state index < -0.39 is 12.0 Å². The van der Waals surface area contributed by atoms with Gasteiger partial charge in [-0.1, -0.05) is 0 Å². The number of anilines is 1. The Balaban J connectivity index is 2.29. The van der Waals surface area contributed by atoms with Crippen LogP contribution >= 0.6 is 0 Å². The molecule has 0 bridgehead atoms. The molecule has 1 N–H and O–H groups in total. The molecule has 0 saturated carbocycles. The fourth-order valence-corrected chi connectivity index (χ4v) is 2.44. The molecule has 20 heavy (non-hydrogen) atoms. The molecule has 6 nitrogen and oxygen atoms in total. The average Bonchev–Trinajstić information content (AvgIpc) is 2.46. The van der Waals surface area contributed by atoms with Crippen LogP contribution in [0.5, 0.6) is 0 Å². The minimum Gasteiger partial charge on any atom is -0.480 e. The van der Waals surface area contributed by atoms with Crippen molar-refractivity contribution in [2.75, 3.05) is 25.5 Å². The van der Waals surface area contributed by atoms with E-state index >= 15 is 0 Å². The summed E-state index contributed by atoms with van der Waals surface area (Å²) >= 11 is 0. The average molecular weight is 277 g/mol. The third-order valence-electron chi connectivity index (χ3n) is 3.49. The van der Waals surface area contributed by atoms with E-state index in [4.69, 9.17) is 0 Å². The van der Waals surface area contributed by atoms with Gasteiger partial charge >= 0.3 is 5.97 Å². The maximum atomic E-state index is 11.9. The standard InChI is InChI=1S/C14H19N3O3/c1-16(2)13(18)11-9-10(6-7-15-11)17-8-4-3-5-12(17)14(19)20/h6-7,9,12H,3-5,8H2,1-2H3,(H,19,20). The molecule has 1 atom stereocenters. The number of aliphatic carboxylic acids is 1. The van der Waals surface area contributed by atoms with Gasteiger partial charge in [0.15, 0.2) is 0 Å². The Kier molecular flexibility index (Phi) is 4.22. The number of hydrogen-bond donors (Lipinski definition) is 1. The summed E-state index contributed by atoms with van der Waals surface area (Å²) in [6.07, 6.45) is 4.07. The molecule has 2 heterocycles. The van der Waals surface area contributed by atoms with E-state index in [0.717, 1.165) is 18.5 Å². The molecule has 1 aromatic rings. The predicted octanol–water partition coefficient (Wildman–Crippen LogP) is 1.23. The highest BCUT2D eigenvalue weighted by atomic mass is 16.4. The van der Waals surface area contributed by atoms with Crippen LogP contribution < -0.4 is 4.90 Å². The largest absolute Gasteiger partial charge is 0.480 e. The van der Waals surface area contributed by atoms with Gasteiger partial charge in [0.05, 0.1) is 0 Å². The zero-order valence-electron chi connectivity index (χ0n) is 11.7. The lowest BCUT2D eigenvalue weighted by molar-refractivity contribution is -0.139. The molecule has 0 aliphatic carbocycles. The Morgan fingerprint density at radius 1 is 1.40 bits per heavy atom. The lowest BCUT2D eigenvalue weighted by Gasteiger charge is -2.34. The van der Waals surface area contributed by atoms with Gasteiger partial charge in [-0.2, -0.15) is 0 Å². The Labute approximate surface area is 118 Å². The molecule has 0 spiro atoms. The second kappa shape index (κ2) is 5.90. The van der Waals surface area contributed by atoms with E-state index in [1.54, 1.807) is 32.4 Å². The van der Waals surface area contributed by atoms with Crippen molar-refractivity contribution in [1.29, 1.82) is 0 Å². The first kappa shape index (κ1) is 14.3. The minimum absolute atomic E-state index is 0.185. The van der Waals surface area contributed by atoms with Crippen LogP contribution in [0.15, 0.2) is 18.3 Å². The number of amides is 1. The zero-order valence-corrected chi connectivity index (χ0v) is 11.7. The maximum absolute atomic E-state index is 11.9. The minimum atomic E-state index is -0.818. The summed E-state index contributed by atoms with van der Waals surface area (Å²) in [6.45, 7) is 0.691. The van der Waals surface area contributed by atoms with Crippen molar-refractivity contribution in [2.24, 2.45) is 0 Å². The van der Waals surface area contributed by atoms with Gasteiger partial charge in [-0.05, 0) is 31.4 Å². The van der Waals surface area contributed by atoms with E-state index in [1.807, 2.05) is 4.90 Å². The Bertz CT molecular complexity index is 516. The molecule has 0 aromatic carbocycles. The van der Waals surface area contributed by atoms with Crippen LogP contribution in [-0.2, 0) is 4.79 Å². The molecular formula is C14H19N3O3. The summed E-state index contributed by atoms with van der Waals surface area (Å²) in [6, 6.07) is 2.91. The first-order valence-electron chi connectivity index (χ1n) is 6.68. The molecule has 0 radical (unpaired) electrons. The Hall–Kier alpha value is -2.11. The van der Waals surface area contributed by atoms with Crippen molar-refractivity contribution >= 4 is 17.6 Å². The van der Waals surface area contributed by atoms with Crippen LogP contribution in [0.25, 0.3) is 0 Å². The molecular weight excluding hydrogens is 258 g/mol. The van der Waals surface area contributed by atoms with Crippen LogP contribution in [0.1, 0.15) is 29.8 Å². The number of carboxylic acid groups (broad SMARTS) is 1. The second-order valence-electron chi connectivity index (χ2n) is 5.14. The van der Waals surface area contributed by atoms with E-state index in [0.29, 0.717) is 18.7 Å². The first-order chi connectivity index (χ1) is 9.50. The Morgan fingerprint density at radius 3 is 2.80 bits per heavy atom. The number of rotatable bonds is 3. The second-order valence-corrected chi connectivity index (χ2v) is 5.14. The van der Waals surface area contributed by atoms with Crippen molar-refractivity contribution in [2.45, 2.75) is 25.3 Å². The SMILES string of the molecule is CN(C)C(=O)c1cc(N2CCCCC2C(=O)O)ccn1. The molecule has 1 amide bonds. The molecule has 6 heteroatoms. The summed E-state index contributed by atoms with van der Waals surface area (Å²) in [4.78, 5) is 30.6. The predicted molar refractivity (Wildman–Crippen MR) is 74.9 cm³/mol. The number of nitrogens with zero attached hydrogens (tertiary/aromatic N) is 3. The summed E-state index contributed by atoms with van der Waals surface area (Å²) in [5, 5.41) is 9.30. The summed E-state index contributed by atoms with van der Waals surface area (Å²) in [5.41, 5.74) is 1.08. The highest BCUT2D eigenvalue weighted by Gasteiger charge is 2.29. The lowest BCUT2D eigenvalue weighted by atomic mass is 10.0. The van der Waals surface area contributed by atoms with Gasteiger partial charge in [0.25, 0.3) is 5.91 Å². The molecule has 108 valence electrons. The summed E-state index contributed by atoms with van der Waals surface area (Å²) in [5.74, 6) is -1.00. The van der Waals surface area contributed by atoms with Gasteiger partial charge in [0.1, 0.15) is 11.7 Å². The molecule has 2 rings (SSSR count). The lowest BCUT2D eigenvalue weighted by Crippen LogP contribution is -2.44. The van der Waals surface area contributed by atoms with Crippen molar-refractivity contribution in [1.82, 2.24) is 9.88 Å². The van der Waals surface area contributed by atoms with Crippen LogP contribution in [0.2, 0.25) is 0 Å². The highest BCUT2D eigenvalue weighted by molar-refractivity contribution is 5.93. The zero-order chi connectivity index (χ0) is 14.7. The van der Waals surface area contributed by atoms with E-state index in [9.17, 15) is 14.7 Å². The fraction of sp³-hybridized carbons (Fsp3) is 0.500. The van der Waals surface area contributed by atoms with Gasteiger partial charge in [0.2, 0.25) is 0 Å². The number of aromatic nitrogens is 1. The van der Waals surface area contributed by atoms with Crippen LogP contribution in [-0.4, -0.2) is 53.5 Å². The topological polar surface area (TPSA) is 73.7 Å². The van der Waals surface area contributed by atoms with E-state index in [1.165, 1.54) is 4.90 Å². The number of pyridine rings is 1. The molecule has 1 saturated heterocycles. The monoisotopic (exact) mass is 277 g/mol. The van der Waals surface area contributed by atoms with Crippen molar-refractivity contribution < 1.29 is 14.7 Å². The summed E-state index contributed by atoms with van der Waals surface area (Å²) < 4.78 is 0. The van der Waals surface area contributed by atoms with Gasteiger partial charge in [-0.25, -0.2) is 4.79 Å². The number of carbonyl (C=O) groups excluding carboxylic acids is 1. The maximum Gasteiger partial charge on any atom is 0.326 e. The molecule has 1 aliphatic rings. The fourth-order valence-electron chi connectivity index (χ4n) is 2.44. The summed E-state index contributed by atoms with van der Waals surface area (Å²) in [7, 11) is 3.33. The van der Waals surface area contributed by atoms with Crippen LogP contribution in [0.4, 0.5) is 5.69 Å². The van der Waals surface area contributed by atoms with Gasteiger partial charge < -0.3 is 14.9 Å². The van der Waals surface area contributed by atoms with Gasteiger partial charge in [0, 0.05) is 32.5 Å². The van der Waals surface area contributed by atoms with Crippen molar-refractivity contribution in [3.63, 3.8) is 0 Å². The van der Waals surface area contributed by atoms with Gasteiger partial charge in [-0.3, -0.25) is 9.78 Å². The van der Waals surface area contributed by atoms with E-state index in [-0.39, 0.29) is 5.91 Å². The van der Waals surface area contributed by atoms with Crippen molar-refractivity contribution in [3.8, 4) is 0 Å². The Morgan fingerprint density at radius 2 is 2.15 bits per heavy atom. The molecule has 1 aromatic heterocycles.